The summed E-state index contributed by atoms with van der Waals surface area (Å²) in [5.41, 5.74) is 1.67. The van der Waals surface area contributed by atoms with Gasteiger partial charge in [0.05, 0.1) is 11.3 Å². The number of para-hydroxylation sites is 2. The molecular formula is C26H30N4O3. The summed E-state index contributed by atoms with van der Waals surface area (Å²) in [4.78, 5) is 44.3. The first kappa shape index (κ1) is 21.5. The van der Waals surface area contributed by atoms with Gasteiger partial charge in [0.25, 0.3) is 5.91 Å². The number of fused-ring (bicyclic) bond motifs is 3. The fourth-order valence-electron chi connectivity index (χ4n) is 5.46. The van der Waals surface area contributed by atoms with Crippen LogP contribution in [0, 0.1) is 0 Å². The van der Waals surface area contributed by atoms with Crippen molar-refractivity contribution in [2.45, 2.75) is 50.7 Å². The van der Waals surface area contributed by atoms with Crippen molar-refractivity contribution in [2.75, 3.05) is 29.9 Å². The molecule has 7 heteroatoms. The zero-order valence-electron chi connectivity index (χ0n) is 19.0. The fraction of sp³-hybridized carbons (Fsp3) is 0.423. The first-order valence-electron chi connectivity index (χ1n) is 11.8. The van der Waals surface area contributed by atoms with Crippen molar-refractivity contribution in [1.82, 2.24) is 9.80 Å². The summed E-state index contributed by atoms with van der Waals surface area (Å²) in [5, 5.41) is 3.50. The SMILES string of the molecule is CC12CCC(=O)N1c1ccccc1C(=O)N2CCCC(=O)N1CCC(Nc2ccccc2)C1. The Labute approximate surface area is 194 Å². The Hall–Kier alpha value is -3.35. The number of hydrogen-bond donors (Lipinski definition) is 1. The molecule has 3 aliphatic heterocycles. The third-order valence-corrected chi connectivity index (χ3v) is 7.20. The highest BCUT2D eigenvalue weighted by Gasteiger charge is 2.52. The van der Waals surface area contributed by atoms with Crippen LogP contribution in [0.25, 0.3) is 0 Å². The van der Waals surface area contributed by atoms with E-state index in [1.165, 1.54) is 0 Å². The average molecular weight is 447 g/mol. The van der Waals surface area contributed by atoms with Gasteiger partial charge in [0.1, 0.15) is 5.66 Å². The lowest BCUT2D eigenvalue weighted by Crippen LogP contribution is -2.62. The Kier molecular flexibility index (Phi) is 5.56. The van der Waals surface area contributed by atoms with Gasteiger partial charge in [-0.05, 0) is 50.5 Å². The number of carbonyl (C=O) groups excluding carboxylic acids is 3. The maximum absolute atomic E-state index is 13.3. The van der Waals surface area contributed by atoms with Crippen molar-refractivity contribution in [3.05, 3.63) is 60.2 Å². The monoisotopic (exact) mass is 446 g/mol. The number of amides is 3. The molecule has 0 radical (unpaired) electrons. The molecule has 33 heavy (non-hydrogen) atoms. The summed E-state index contributed by atoms with van der Waals surface area (Å²) in [6, 6.07) is 17.6. The van der Waals surface area contributed by atoms with Crippen LogP contribution in [0.5, 0.6) is 0 Å². The summed E-state index contributed by atoms with van der Waals surface area (Å²) in [5.74, 6) is 0.120. The van der Waals surface area contributed by atoms with Gasteiger partial charge >= 0.3 is 0 Å². The van der Waals surface area contributed by atoms with Crippen LogP contribution in [0.2, 0.25) is 0 Å². The van der Waals surface area contributed by atoms with Crippen LogP contribution in [0.15, 0.2) is 54.6 Å². The molecular weight excluding hydrogens is 416 g/mol. The second kappa shape index (κ2) is 8.54. The largest absolute Gasteiger partial charge is 0.380 e. The Morgan fingerprint density at radius 1 is 1.09 bits per heavy atom. The number of carbonyl (C=O) groups is 3. The average Bonchev–Trinajstić information content (AvgIpc) is 3.41. The van der Waals surface area contributed by atoms with Crippen molar-refractivity contribution in [3.63, 3.8) is 0 Å². The molecule has 0 bridgehead atoms. The molecule has 2 aromatic carbocycles. The lowest BCUT2D eigenvalue weighted by atomic mass is 9.98. The first-order chi connectivity index (χ1) is 16.0. The van der Waals surface area contributed by atoms with Crippen molar-refractivity contribution in [2.24, 2.45) is 0 Å². The Morgan fingerprint density at radius 3 is 2.67 bits per heavy atom. The third kappa shape index (κ3) is 3.86. The van der Waals surface area contributed by atoms with Crippen LogP contribution in [0.3, 0.4) is 0 Å². The number of benzene rings is 2. The maximum atomic E-state index is 13.3. The van der Waals surface area contributed by atoms with E-state index in [-0.39, 0.29) is 23.8 Å². The molecule has 3 aliphatic rings. The summed E-state index contributed by atoms with van der Waals surface area (Å²) < 4.78 is 0. The van der Waals surface area contributed by atoms with Gasteiger partial charge in [-0.1, -0.05) is 30.3 Å². The predicted octanol–water partition coefficient (Wildman–Crippen LogP) is 3.48. The van der Waals surface area contributed by atoms with Gasteiger partial charge in [-0.25, -0.2) is 0 Å². The predicted molar refractivity (Wildman–Crippen MR) is 127 cm³/mol. The molecule has 172 valence electrons. The zero-order valence-corrected chi connectivity index (χ0v) is 19.0. The molecule has 0 aromatic heterocycles. The molecule has 3 amide bonds. The van der Waals surface area contributed by atoms with E-state index in [1.807, 2.05) is 60.4 Å². The topological polar surface area (TPSA) is 73.0 Å². The summed E-state index contributed by atoms with van der Waals surface area (Å²) in [6.07, 6.45) is 2.94. The van der Waals surface area contributed by atoms with E-state index in [2.05, 4.69) is 5.32 Å². The normalized spacial score (nSPS) is 24.2. The second-order valence-corrected chi connectivity index (χ2v) is 9.36. The molecule has 7 nitrogen and oxygen atoms in total. The van der Waals surface area contributed by atoms with Crippen LogP contribution in [-0.2, 0) is 9.59 Å². The Morgan fingerprint density at radius 2 is 1.85 bits per heavy atom. The van der Waals surface area contributed by atoms with Crippen LogP contribution in [0.1, 0.15) is 49.4 Å². The van der Waals surface area contributed by atoms with Crippen molar-refractivity contribution in [1.29, 1.82) is 0 Å². The highest BCUT2D eigenvalue weighted by atomic mass is 16.2. The number of hydrogen-bond acceptors (Lipinski definition) is 4. The smallest absolute Gasteiger partial charge is 0.257 e. The molecule has 2 atom stereocenters. The number of rotatable bonds is 6. The number of likely N-dealkylation sites (tertiary alicyclic amines) is 1. The van der Waals surface area contributed by atoms with E-state index < -0.39 is 5.66 Å². The van der Waals surface area contributed by atoms with Gasteiger partial charge in [-0.3, -0.25) is 19.3 Å². The van der Waals surface area contributed by atoms with E-state index in [1.54, 1.807) is 15.9 Å². The summed E-state index contributed by atoms with van der Waals surface area (Å²) in [7, 11) is 0. The number of nitrogens with zero attached hydrogens (tertiary/aromatic N) is 3. The molecule has 0 saturated carbocycles. The molecule has 2 fully saturated rings. The Balaban J connectivity index is 1.20. The van der Waals surface area contributed by atoms with Crippen LogP contribution < -0.4 is 10.2 Å². The van der Waals surface area contributed by atoms with Crippen LogP contribution >= 0.6 is 0 Å². The van der Waals surface area contributed by atoms with Crippen molar-refractivity contribution in [3.8, 4) is 0 Å². The molecule has 0 spiro atoms. The third-order valence-electron chi connectivity index (χ3n) is 7.20. The van der Waals surface area contributed by atoms with Gasteiger partial charge in [0, 0.05) is 44.2 Å². The van der Waals surface area contributed by atoms with E-state index >= 15 is 0 Å². The molecule has 2 unspecified atom stereocenters. The Bertz CT molecular complexity index is 1070. The molecule has 0 aliphatic carbocycles. The van der Waals surface area contributed by atoms with Crippen molar-refractivity contribution >= 4 is 29.1 Å². The lowest BCUT2D eigenvalue weighted by molar-refractivity contribution is -0.130. The van der Waals surface area contributed by atoms with E-state index in [9.17, 15) is 14.4 Å². The number of anilines is 2. The minimum atomic E-state index is -0.663. The highest BCUT2D eigenvalue weighted by molar-refractivity contribution is 6.10. The van der Waals surface area contributed by atoms with Gasteiger partial charge in [-0.15, -0.1) is 0 Å². The summed E-state index contributed by atoms with van der Waals surface area (Å²) >= 11 is 0. The second-order valence-electron chi connectivity index (χ2n) is 9.36. The fourth-order valence-corrected chi connectivity index (χ4v) is 5.46. The molecule has 3 heterocycles. The van der Waals surface area contributed by atoms with Crippen molar-refractivity contribution < 1.29 is 14.4 Å². The molecule has 1 N–H and O–H groups in total. The summed E-state index contributed by atoms with van der Waals surface area (Å²) in [6.45, 7) is 3.87. The van der Waals surface area contributed by atoms with Gasteiger partial charge < -0.3 is 15.1 Å². The quantitative estimate of drug-likeness (QED) is 0.737. The van der Waals surface area contributed by atoms with Gasteiger partial charge in [0.2, 0.25) is 11.8 Å². The van der Waals surface area contributed by atoms with E-state index in [4.69, 9.17) is 0 Å². The zero-order chi connectivity index (χ0) is 23.0. The minimum absolute atomic E-state index is 0.0487. The number of nitrogens with one attached hydrogen (secondary N) is 1. The maximum Gasteiger partial charge on any atom is 0.257 e. The minimum Gasteiger partial charge on any atom is -0.380 e. The van der Waals surface area contributed by atoms with Gasteiger partial charge in [-0.2, -0.15) is 0 Å². The highest BCUT2D eigenvalue weighted by Crippen LogP contribution is 2.44. The molecule has 2 saturated heterocycles. The van der Waals surface area contributed by atoms with E-state index in [0.29, 0.717) is 50.0 Å². The first-order valence-corrected chi connectivity index (χ1v) is 11.8. The molecule has 5 rings (SSSR count). The van der Waals surface area contributed by atoms with Crippen LogP contribution in [-0.4, -0.2) is 58.9 Å². The van der Waals surface area contributed by atoms with E-state index in [0.717, 1.165) is 18.7 Å². The van der Waals surface area contributed by atoms with Gasteiger partial charge in [0.15, 0.2) is 0 Å². The molecule has 2 aromatic rings. The lowest BCUT2D eigenvalue weighted by Gasteiger charge is -2.48. The standard InChI is InChI=1S/C26H30N4O3/c1-26-15-13-24(32)30(26)22-11-6-5-10-21(22)25(33)29(26)16-7-12-23(31)28-17-14-20(18-28)27-19-8-3-2-4-9-19/h2-6,8-11,20,27H,7,12-18H2,1H3. The van der Waals surface area contributed by atoms with Crippen LogP contribution in [0.4, 0.5) is 11.4 Å².